The van der Waals surface area contributed by atoms with Gasteiger partial charge in [-0.05, 0) is 68.6 Å². The average molecular weight is 360 g/mol. The lowest BCUT2D eigenvalue weighted by Crippen LogP contribution is -2.48. The van der Waals surface area contributed by atoms with E-state index in [2.05, 4.69) is 13.0 Å². The van der Waals surface area contributed by atoms with Crippen LogP contribution in [0.2, 0.25) is 0 Å². The van der Waals surface area contributed by atoms with Crippen molar-refractivity contribution in [3.8, 4) is 0 Å². The van der Waals surface area contributed by atoms with Crippen LogP contribution >= 0.6 is 0 Å². The minimum atomic E-state index is -0.154. The van der Waals surface area contributed by atoms with E-state index in [1.807, 2.05) is 0 Å². The molecule has 4 rings (SSSR count). The third-order valence-electron chi connectivity index (χ3n) is 7.95. The van der Waals surface area contributed by atoms with E-state index < -0.39 is 0 Å². The predicted octanol–water partition coefficient (Wildman–Crippen LogP) is 4.42. The summed E-state index contributed by atoms with van der Waals surface area (Å²) in [5.74, 6) is 2.57. The number of carbonyl (C=O) groups is 2. The minimum absolute atomic E-state index is 0.0835. The summed E-state index contributed by atoms with van der Waals surface area (Å²) < 4.78 is 11.2. The Labute approximate surface area is 156 Å². The molecule has 4 nitrogen and oxygen atoms in total. The molecule has 0 radical (unpaired) electrons. The summed E-state index contributed by atoms with van der Waals surface area (Å²) in [6.07, 6.45) is 11.5. The fourth-order valence-electron chi connectivity index (χ4n) is 6.92. The molecule has 4 heteroatoms. The van der Waals surface area contributed by atoms with Gasteiger partial charge >= 0.3 is 11.9 Å². The normalized spacial score (nSPS) is 44.2. The van der Waals surface area contributed by atoms with Gasteiger partial charge in [0.1, 0.15) is 12.2 Å². The molecule has 0 aromatic heterocycles. The van der Waals surface area contributed by atoms with Gasteiger partial charge in [0.25, 0.3) is 0 Å². The van der Waals surface area contributed by atoms with E-state index in [0.717, 1.165) is 43.9 Å². The molecule has 4 aliphatic rings. The van der Waals surface area contributed by atoms with E-state index in [-0.39, 0.29) is 29.6 Å². The lowest BCUT2D eigenvalue weighted by Gasteiger charge is -2.53. The Morgan fingerprint density at radius 1 is 1.00 bits per heavy atom. The average Bonchev–Trinajstić information content (AvgIpc) is 2.90. The van der Waals surface area contributed by atoms with Gasteiger partial charge in [0, 0.05) is 25.7 Å². The number of allylic oxidation sites excluding steroid dienone is 1. The highest BCUT2D eigenvalue weighted by Gasteiger charge is 2.57. The van der Waals surface area contributed by atoms with Crippen LogP contribution in [0.15, 0.2) is 11.6 Å². The maximum Gasteiger partial charge on any atom is 0.302 e. The van der Waals surface area contributed by atoms with Gasteiger partial charge in [-0.1, -0.05) is 18.6 Å². The van der Waals surface area contributed by atoms with Crippen molar-refractivity contribution in [1.29, 1.82) is 0 Å². The van der Waals surface area contributed by atoms with Crippen LogP contribution in [0, 0.1) is 29.1 Å². The Kier molecular flexibility index (Phi) is 4.65. The molecule has 3 saturated carbocycles. The smallest absolute Gasteiger partial charge is 0.302 e. The Balaban J connectivity index is 1.50. The lowest BCUT2D eigenvalue weighted by molar-refractivity contribution is -0.155. The van der Waals surface area contributed by atoms with Gasteiger partial charge < -0.3 is 9.47 Å². The molecule has 0 spiro atoms. The molecule has 0 bridgehead atoms. The fraction of sp³-hybridized carbons (Fsp3) is 0.818. The molecule has 0 N–H and O–H groups in total. The summed E-state index contributed by atoms with van der Waals surface area (Å²) in [7, 11) is 0. The Hall–Kier alpha value is -1.32. The van der Waals surface area contributed by atoms with E-state index in [0.29, 0.717) is 11.8 Å². The first kappa shape index (κ1) is 18.1. The summed E-state index contributed by atoms with van der Waals surface area (Å²) in [6.45, 7) is 5.42. The zero-order valence-electron chi connectivity index (χ0n) is 16.3. The van der Waals surface area contributed by atoms with Crippen LogP contribution in [0.4, 0.5) is 0 Å². The quantitative estimate of drug-likeness (QED) is 0.540. The summed E-state index contributed by atoms with van der Waals surface area (Å²) in [5, 5.41) is 0. The van der Waals surface area contributed by atoms with Gasteiger partial charge in [-0.3, -0.25) is 9.59 Å². The van der Waals surface area contributed by atoms with Crippen molar-refractivity contribution >= 4 is 11.9 Å². The van der Waals surface area contributed by atoms with Crippen LogP contribution < -0.4 is 0 Å². The van der Waals surface area contributed by atoms with E-state index >= 15 is 0 Å². The van der Waals surface area contributed by atoms with Gasteiger partial charge in [-0.15, -0.1) is 0 Å². The fourth-order valence-corrected chi connectivity index (χ4v) is 6.92. The summed E-state index contributed by atoms with van der Waals surface area (Å²) in [6, 6.07) is 0. The van der Waals surface area contributed by atoms with Crippen molar-refractivity contribution in [2.75, 3.05) is 0 Å². The van der Waals surface area contributed by atoms with Crippen molar-refractivity contribution in [2.24, 2.45) is 29.1 Å². The number of rotatable bonds is 2. The van der Waals surface area contributed by atoms with Crippen LogP contribution in [-0.2, 0) is 19.1 Å². The van der Waals surface area contributed by atoms with E-state index in [1.165, 1.54) is 26.2 Å². The molecule has 7 atom stereocenters. The van der Waals surface area contributed by atoms with Gasteiger partial charge in [0.05, 0.1) is 0 Å². The van der Waals surface area contributed by atoms with Crippen LogP contribution in [0.25, 0.3) is 0 Å². The highest BCUT2D eigenvalue weighted by Crippen LogP contribution is 2.62. The van der Waals surface area contributed by atoms with Crippen LogP contribution in [0.5, 0.6) is 0 Å². The summed E-state index contributed by atoms with van der Waals surface area (Å²) >= 11 is 0. The number of carbonyl (C=O) groups excluding carboxylic acids is 2. The second-order valence-corrected chi connectivity index (χ2v) is 9.29. The van der Waals surface area contributed by atoms with Gasteiger partial charge in [-0.2, -0.15) is 0 Å². The number of fused-ring (bicyclic) bond motifs is 5. The molecule has 0 aromatic rings. The third kappa shape index (κ3) is 2.99. The first-order valence-corrected chi connectivity index (χ1v) is 10.4. The molecule has 26 heavy (non-hydrogen) atoms. The molecular formula is C22H32O4. The second kappa shape index (κ2) is 6.69. The van der Waals surface area contributed by atoms with Gasteiger partial charge in [0.15, 0.2) is 0 Å². The maximum absolute atomic E-state index is 11.5. The molecule has 4 unspecified atom stereocenters. The molecule has 0 aromatic carbocycles. The lowest BCUT2D eigenvalue weighted by atomic mass is 9.53. The van der Waals surface area contributed by atoms with E-state index in [9.17, 15) is 9.59 Å². The summed E-state index contributed by atoms with van der Waals surface area (Å²) in [5.41, 5.74) is 1.70. The minimum Gasteiger partial charge on any atom is -0.462 e. The molecule has 3 fully saturated rings. The van der Waals surface area contributed by atoms with Gasteiger partial charge in [-0.25, -0.2) is 0 Å². The standard InChI is InChI=1S/C22H32O4/c1-13(23)25-16-5-7-17-15(12-16)4-6-19-18(17)10-11-22(3)20(19)8-9-21(22)26-14(2)24/h4,16-21H,5-12H2,1-3H3/t16-,17?,18?,19?,20?,21-,22-/m0/s1. The van der Waals surface area contributed by atoms with Crippen molar-refractivity contribution in [2.45, 2.75) is 84.3 Å². The summed E-state index contributed by atoms with van der Waals surface area (Å²) in [4.78, 5) is 22.8. The van der Waals surface area contributed by atoms with Crippen molar-refractivity contribution in [3.05, 3.63) is 11.6 Å². The third-order valence-corrected chi connectivity index (χ3v) is 7.95. The SMILES string of the molecule is CC(=O)O[C@H]1CCC2C(=CCC3C2CC[C@@]2(C)C3CC[C@@H]2OC(C)=O)C1. The van der Waals surface area contributed by atoms with E-state index in [4.69, 9.17) is 9.47 Å². The van der Waals surface area contributed by atoms with Crippen LogP contribution in [0.1, 0.15) is 72.1 Å². The van der Waals surface area contributed by atoms with E-state index in [1.54, 1.807) is 12.5 Å². The van der Waals surface area contributed by atoms with Crippen LogP contribution in [0.3, 0.4) is 0 Å². The number of ether oxygens (including phenoxy) is 2. The molecular weight excluding hydrogens is 328 g/mol. The zero-order chi connectivity index (χ0) is 18.5. The second-order valence-electron chi connectivity index (χ2n) is 9.29. The van der Waals surface area contributed by atoms with Crippen molar-refractivity contribution in [3.63, 3.8) is 0 Å². The predicted molar refractivity (Wildman–Crippen MR) is 98.2 cm³/mol. The largest absolute Gasteiger partial charge is 0.462 e. The first-order valence-electron chi connectivity index (χ1n) is 10.4. The van der Waals surface area contributed by atoms with Crippen molar-refractivity contribution < 1.29 is 19.1 Å². The highest BCUT2D eigenvalue weighted by atomic mass is 16.5. The Morgan fingerprint density at radius 2 is 1.77 bits per heavy atom. The molecule has 4 aliphatic carbocycles. The molecule has 0 heterocycles. The Morgan fingerprint density at radius 3 is 2.50 bits per heavy atom. The Bertz CT molecular complexity index is 624. The van der Waals surface area contributed by atoms with Gasteiger partial charge in [0.2, 0.25) is 0 Å². The first-order chi connectivity index (χ1) is 12.4. The molecule has 144 valence electrons. The van der Waals surface area contributed by atoms with Crippen molar-refractivity contribution in [1.82, 2.24) is 0 Å². The maximum atomic E-state index is 11.5. The molecule has 0 aliphatic heterocycles. The topological polar surface area (TPSA) is 52.6 Å². The van der Waals surface area contributed by atoms with Crippen LogP contribution in [-0.4, -0.2) is 24.1 Å². The highest BCUT2D eigenvalue weighted by molar-refractivity contribution is 5.66. The number of esters is 2. The molecule has 0 amide bonds. The number of hydrogen-bond donors (Lipinski definition) is 0. The monoisotopic (exact) mass is 360 g/mol. The zero-order valence-corrected chi connectivity index (χ0v) is 16.3. The molecule has 0 saturated heterocycles. The number of hydrogen-bond acceptors (Lipinski definition) is 4.